The van der Waals surface area contributed by atoms with Crippen LogP contribution in [0.2, 0.25) is 0 Å². The van der Waals surface area contributed by atoms with Crippen molar-refractivity contribution < 1.29 is 8.42 Å². The second kappa shape index (κ2) is 7.19. The number of nitrogens with two attached hydrogens (primary N) is 1. The summed E-state index contributed by atoms with van der Waals surface area (Å²) in [6.45, 7) is 2.33. The van der Waals surface area contributed by atoms with E-state index in [1.165, 1.54) is 17.8 Å². The quantitative estimate of drug-likeness (QED) is 0.807. The highest BCUT2D eigenvalue weighted by molar-refractivity contribution is 7.89. The van der Waals surface area contributed by atoms with Crippen LogP contribution in [0.1, 0.15) is 12.8 Å². The van der Waals surface area contributed by atoms with Crippen molar-refractivity contribution in [3.05, 3.63) is 48.8 Å². The third-order valence-corrected chi connectivity index (χ3v) is 5.83. The van der Waals surface area contributed by atoms with Crippen molar-refractivity contribution in [2.45, 2.75) is 17.7 Å². The molecule has 3 rings (SSSR count). The summed E-state index contributed by atoms with van der Waals surface area (Å²) in [4.78, 5) is 6.60. The molecule has 0 unspecified atom stereocenters. The van der Waals surface area contributed by atoms with Crippen LogP contribution in [0.25, 0.3) is 0 Å². The van der Waals surface area contributed by atoms with Gasteiger partial charge < -0.3 is 10.6 Å². The van der Waals surface area contributed by atoms with E-state index in [9.17, 15) is 8.42 Å². The molecule has 3 N–H and O–H groups in total. The van der Waals surface area contributed by atoms with E-state index in [0.717, 1.165) is 25.9 Å². The Labute approximate surface area is 142 Å². The minimum absolute atomic E-state index is 0.255. The second-order valence-electron chi connectivity index (χ2n) is 6.06. The zero-order valence-corrected chi connectivity index (χ0v) is 14.2. The number of nitrogens with one attached hydrogen (secondary N) is 1. The van der Waals surface area contributed by atoms with E-state index >= 15 is 0 Å². The summed E-state index contributed by atoms with van der Waals surface area (Å²) in [5, 5.41) is 0. The fourth-order valence-corrected chi connectivity index (χ4v) is 4.02. The second-order valence-corrected chi connectivity index (χ2v) is 7.82. The first-order chi connectivity index (χ1) is 11.5. The van der Waals surface area contributed by atoms with Crippen molar-refractivity contribution in [1.29, 1.82) is 0 Å². The first kappa shape index (κ1) is 16.7. The third kappa shape index (κ3) is 4.04. The van der Waals surface area contributed by atoms with Crippen molar-refractivity contribution >= 4 is 21.4 Å². The molecule has 1 aromatic heterocycles. The largest absolute Gasteiger partial charge is 0.399 e. The van der Waals surface area contributed by atoms with Gasteiger partial charge in [-0.05, 0) is 55.2 Å². The molecule has 6 nitrogen and oxygen atoms in total. The minimum atomic E-state index is -3.47. The first-order valence-electron chi connectivity index (χ1n) is 8.05. The van der Waals surface area contributed by atoms with E-state index in [0.29, 0.717) is 18.2 Å². The van der Waals surface area contributed by atoms with Crippen molar-refractivity contribution in [3.8, 4) is 0 Å². The number of rotatable bonds is 5. The van der Waals surface area contributed by atoms with Gasteiger partial charge in [-0.2, -0.15) is 0 Å². The fourth-order valence-electron chi connectivity index (χ4n) is 2.91. The molecule has 24 heavy (non-hydrogen) atoms. The first-order valence-corrected chi connectivity index (χ1v) is 9.53. The van der Waals surface area contributed by atoms with Crippen molar-refractivity contribution in [2.24, 2.45) is 5.92 Å². The number of pyridine rings is 1. The van der Waals surface area contributed by atoms with E-state index in [-0.39, 0.29) is 4.90 Å². The van der Waals surface area contributed by atoms with Crippen molar-refractivity contribution in [2.75, 3.05) is 30.3 Å². The van der Waals surface area contributed by atoms with Gasteiger partial charge in [0.05, 0.1) is 4.90 Å². The van der Waals surface area contributed by atoms with Crippen LogP contribution in [-0.4, -0.2) is 33.0 Å². The van der Waals surface area contributed by atoms with Crippen LogP contribution in [0, 0.1) is 5.92 Å². The number of benzene rings is 1. The number of piperidine rings is 1. The number of sulfonamides is 1. The van der Waals surface area contributed by atoms with Gasteiger partial charge in [0.2, 0.25) is 10.0 Å². The summed E-state index contributed by atoms with van der Waals surface area (Å²) >= 11 is 0. The maximum absolute atomic E-state index is 12.3. The van der Waals surface area contributed by atoms with Gasteiger partial charge in [-0.1, -0.05) is 0 Å². The molecule has 0 atom stereocenters. The fraction of sp³-hybridized carbons (Fsp3) is 0.353. The molecule has 0 saturated carbocycles. The van der Waals surface area contributed by atoms with Gasteiger partial charge in [-0.3, -0.25) is 4.98 Å². The Hall–Kier alpha value is -2.12. The number of nitrogen functional groups attached to an aromatic ring is 1. The van der Waals surface area contributed by atoms with E-state index < -0.39 is 10.0 Å². The molecular weight excluding hydrogens is 324 g/mol. The average Bonchev–Trinajstić information content (AvgIpc) is 2.62. The molecule has 1 aliphatic heterocycles. The summed E-state index contributed by atoms with van der Waals surface area (Å²) in [6.07, 6.45) is 5.52. The molecule has 0 aliphatic carbocycles. The molecule has 1 saturated heterocycles. The Morgan fingerprint density at radius 2 is 1.71 bits per heavy atom. The number of anilines is 2. The maximum atomic E-state index is 12.3. The van der Waals surface area contributed by atoms with E-state index in [4.69, 9.17) is 5.73 Å². The number of aromatic nitrogens is 1. The Bertz CT molecular complexity index is 755. The predicted octanol–water partition coefficient (Wildman–Crippen LogP) is 1.86. The van der Waals surface area contributed by atoms with Gasteiger partial charge in [0.25, 0.3) is 0 Å². The van der Waals surface area contributed by atoms with Crippen LogP contribution in [0.15, 0.2) is 53.7 Å². The van der Waals surface area contributed by atoms with Crippen LogP contribution in [-0.2, 0) is 10.0 Å². The summed E-state index contributed by atoms with van der Waals surface area (Å²) in [6, 6.07) is 10.3. The molecule has 0 spiro atoms. The van der Waals surface area contributed by atoms with Gasteiger partial charge >= 0.3 is 0 Å². The summed E-state index contributed by atoms with van der Waals surface area (Å²) < 4.78 is 27.3. The molecule has 1 fully saturated rings. The topological polar surface area (TPSA) is 88.3 Å². The molecule has 2 aromatic rings. The molecule has 1 aliphatic rings. The van der Waals surface area contributed by atoms with Crippen molar-refractivity contribution in [1.82, 2.24) is 9.71 Å². The van der Waals surface area contributed by atoms with Gasteiger partial charge in [0, 0.05) is 43.4 Å². The molecule has 128 valence electrons. The zero-order chi connectivity index (χ0) is 17.0. The lowest BCUT2D eigenvalue weighted by atomic mass is 9.97. The molecule has 0 bridgehead atoms. The Morgan fingerprint density at radius 1 is 1.08 bits per heavy atom. The minimum Gasteiger partial charge on any atom is -0.399 e. The maximum Gasteiger partial charge on any atom is 0.240 e. The zero-order valence-electron chi connectivity index (χ0n) is 13.4. The van der Waals surface area contributed by atoms with Crippen LogP contribution in [0.4, 0.5) is 11.4 Å². The Balaban J connectivity index is 1.52. The van der Waals surface area contributed by atoms with E-state index in [1.807, 2.05) is 12.1 Å². The van der Waals surface area contributed by atoms with Crippen LogP contribution in [0.5, 0.6) is 0 Å². The SMILES string of the molecule is Nc1ccc(S(=O)(=O)NCC2CCN(c3ccncc3)CC2)cc1. The normalized spacial score (nSPS) is 16.2. The smallest absolute Gasteiger partial charge is 0.240 e. The number of hydrogen-bond acceptors (Lipinski definition) is 5. The van der Waals surface area contributed by atoms with Gasteiger partial charge in [-0.25, -0.2) is 13.1 Å². The molecule has 0 amide bonds. The van der Waals surface area contributed by atoms with Crippen LogP contribution >= 0.6 is 0 Å². The van der Waals surface area contributed by atoms with E-state index in [1.54, 1.807) is 24.5 Å². The predicted molar refractivity (Wildman–Crippen MR) is 95.2 cm³/mol. The average molecular weight is 346 g/mol. The monoisotopic (exact) mass is 346 g/mol. The number of nitrogens with zero attached hydrogens (tertiary/aromatic N) is 2. The third-order valence-electron chi connectivity index (χ3n) is 4.39. The summed E-state index contributed by atoms with van der Waals surface area (Å²) in [7, 11) is -3.47. The van der Waals surface area contributed by atoms with E-state index in [2.05, 4.69) is 14.6 Å². The molecule has 0 radical (unpaired) electrons. The molecule has 1 aromatic carbocycles. The standard InChI is InChI=1S/C17H22N4O2S/c18-15-1-3-17(4-2-15)24(22,23)20-13-14-7-11-21(12-8-14)16-5-9-19-10-6-16/h1-6,9-10,14,20H,7-8,11-13,18H2. The van der Waals surface area contributed by atoms with Crippen LogP contribution < -0.4 is 15.4 Å². The molecule has 2 heterocycles. The lowest BCUT2D eigenvalue weighted by Crippen LogP contribution is -2.38. The highest BCUT2D eigenvalue weighted by atomic mass is 32.2. The van der Waals surface area contributed by atoms with Gasteiger partial charge in [-0.15, -0.1) is 0 Å². The highest BCUT2D eigenvalue weighted by Gasteiger charge is 2.22. The summed E-state index contributed by atoms with van der Waals surface area (Å²) in [5.74, 6) is 0.353. The van der Waals surface area contributed by atoms with Crippen molar-refractivity contribution in [3.63, 3.8) is 0 Å². The highest BCUT2D eigenvalue weighted by Crippen LogP contribution is 2.22. The summed E-state index contributed by atoms with van der Waals surface area (Å²) in [5.41, 5.74) is 7.32. The lowest BCUT2D eigenvalue weighted by molar-refractivity contribution is 0.402. The molecule has 7 heteroatoms. The lowest BCUT2D eigenvalue weighted by Gasteiger charge is -2.33. The number of hydrogen-bond donors (Lipinski definition) is 2. The van der Waals surface area contributed by atoms with Crippen LogP contribution in [0.3, 0.4) is 0 Å². The van der Waals surface area contributed by atoms with Gasteiger partial charge in [0.15, 0.2) is 0 Å². The Morgan fingerprint density at radius 3 is 2.33 bits per heavy atom. The Kier molecular flexibility index (Phi) is 5.01. The van der Waals surface area contributed by atoms with Gasteiger partial charge in [0.1, 0.15) is 0 Å². The molecular formula is C17H22N4O2S.